The van der Waals surface area contributed by atoms with Crippen LogP contribution >= 0.6 is 15.8 Å². The molecular weight excluding hydrogens is 790 g/mol. The van der Waals surface area contributed by atoms with E-state index in [0.717, 1.165) is 6.54 Å². The largest absolute Gasteiger partial charge is 2.00 e. The van der Waals surface area contributed by atoms with Gasteiger partial charge in [-0.05, 0) is 109 Å². The average molecular weight is 830 g/mol. The van der Waals surface area contributed by atoms with Crippen LogP contribution in [-0.4, -0.2) is 19.0 Å². The first kappa shape index (κ1) is 43.6. The molecule has 0 bridgehead atoms. The molecule has 10 radical (unpaired) electrons. The molecule has 0 aliphatic heterocycles. The van der Waals surface area contributed by atoms with Crippen molar-refractivity contribution in [2.45, 2.75) is 6.54 Å². The third-order valence-electron chi connectivity index (χ3n) is 7.13. The van der Waals surface area contributed by atoms with Gasteiger partial charge < -0.3 is 17.3 Å². The fourth-order valence-electron chi connectivity index (χ4n) is 5.12. The Kier molecular flexibility index (Phi) is 21.8. The maximum absolute atomic E-state index is 3.04. The van der Waals surface area contributed by atoms with Crippen molar-refractivity contribution in [2.24, 2.45) is 0 Å². The minimum atomic E-state index is -0.409. The summed E-state index contributed by atoms with van der Waals surface area (Å²) >= 11 is 0. The minimum absolute atomic E-state index is 0. The van der Waals surface area contributed by atoms with Crippen LogP contribution in [0.1, 0.15) is 5.56 Å². The zero-order valence-electron chi connectivity index (χ0n) is 27.6. The molecule has 0 spiro atoms. The zero-order valence-corrected chi connectivity index (χ0v) is 32.8. The molecule has 49 heavy (non-hydrogen) atoms. The third-order valence-corrected chi connectivity index (χ3v) is 12.0. The Morgan fingerprint density at radius 2 is 0.816 bits per heavy atom. The van der Waals surface area contributed by atoms with E-state index in [1.807, 2.05) is 18.2 Å². The van der Waals surface area contributed by atoms with Crippen molar-refractivity contribution in [3.63, 3.8) is 0 Å². The van der Waals surface area contributed by atoms with Crippen molar-refractivity contribution >= 4 is 37.1 Å². The summed E-state index contributed by atoms with van der Waals surface area (Å²) in [6, 6.07) is 54.2. The molecular formula is C43H40ClFeNP2Pd+2. The van der Waals surface area contributed by atoms with Gasteiger partial charge in [0.25, 0.3) is 0 Å². The molecule has 0 saturated heterocycles. The number of benzene rings is 5. The van der Waals surface area contributed by atoms with Crippen LogP contribution in [0.4, 0.5) is 0 Å². The van der Waals surface area contributed by atoms with Crippen LogP contribution in [-0.2, 0) is 44.0 Å². The summed E-state index contributed by atoms with van der Waals surface area (Å²) in [5, 5.41) is 5.63. The summed E-state index contributed by atoms with van der Waals surface area (Å²) < 4.78 is 0. The van der Waals surface area contributed by atoms with Crippen molar-refractivity contribution in [2.75, 3.05) is 14.1 Å². The molecule has 7 rings (SSSR count). The van der Waals surface area contributed by atoms with Gasteiger partial charge in [0.15, 0.2) is 0 Å². The van der Waals surface area contributed by atoms with Crippen LogP contribution in [0.2, 0.25) is 0 Å². The number of hydrogen-bond acceptors (Lipinski definition) is 1. The molecule has 2 aliphatic rings. The van der Waals surface area contributed by atoms with Gasteiger partial charge in [0.05, 0.1) is 0 Å². The normalized spacial score (nSPS) is 14.1. The number of halogens is 1. The third kappa shape index (κ3) is 14.1. The van der Waals surface area contributed by atoms with Gasteiger partial charge in [0, 0.05) is 11.3 Å². The van der Waals surface area contributed by atoms with E-state index >= 15 is 0 Å². The first-order valence-corrected chi connectivity index (χ1v) is 18.2. The Labute approximate surface area is 330 Å². The van der Waals surface area contributed by atoms with Gasteiger partial charge in [-0.25, -0.2) is 0 Å². The van der Waals surface area contributed by atoms with Crippen LogP contribution in [0, 0.1) is 68.8 Å². The Morgan fingerprint density at radius 3 is 1.08 bits per heavy atom. The summed E-state index contributed by atoms with van der Waals surface area (Å²) in [4.78, 5) is 2.14. The molecule has 6 heteroatoms. The summed E-state index contributed by atoms with van der Waals surface area (Å²) in [6.45, 7) is 0.997. The molecule has 0 aromatic heterocycles. The smallest absolute Gasteiger partial charge is 1.00 e. The van der Waals surface area contributed by atoms with Gasteiger partial charge in [-0.3, -0.25) is 0 Å². The zero-order chi connectivity index (χ0) is 31.8. The molecule has 0 heterocycles. The van der Waals surface area contributed by atoms with E-state index in [-0.39, 0.29) is 49.9 Å². The summed E-state index contributed by atoms with van der Waals surface area (Å²) in [5.74, 6) is 0. The Morgan fingerprint density at radius 1 is 0.490 bits per heavy atom. The summed E-state index contributed by atoms with van der Waals surface area (Å²) in [5.41, 5.74) is 4.15. The SMILES string of the molecule is CN(C)Cc1c[c-]ccc1.[CH]1[CH][CH][C](P(c2ccccc2)c2ccccc2)[CH]1.[CH]1[CH][CH][C](P(c2ccccc2)c2ccccc2)[CH]1.[Cl-].[Fe+2].[Pd+2]. The molecule has 0 amide bonds. The number of hydrogen-bond donors (Lipinski definition) is 0. The molecule has 5 aromatic rings. The van der Waals surface area contributed by atoms with E-state index < -0.39 is 15.8 Å². The van der Waals surface area contributed by atoms with Crippen molar-refractivity contribution in [1.82, 2.24) is 4.90 Å². The molecule has 0 atom stereocenters. The topological polar surface area (TPSA) is 3.24 Å². The van der Waals surface area contributed by atoms with E-state index in [2.05, 4.69) is 204 Å². The van der Waals surface area contributed by atoms with Crippen LogP contribution < -0.4 is 33.6 Å². The molecule has 250 valence electrons. The van der Waals surface area contributed by atoms with Gasteiger partial charge in [-0.1, -0.05) is 121 Å². The first-order chi connectivity index (χ1) is 22.7. The second kappa shape index (κ2) is 24.6. The molecule has 2 aliphatic carbocycles. The van der Waals surface area contributed by atoms with E-state index in [9.17, 15) is 0 Å². The second-order valence-electron chi connectivity index (χ2n) is 10.9. The number of rotatable bonds is 8. The molecule has 0 N–H and O–H groups in total. The quantitative estimate of drug-likeness (QED) is 0.113. The van der Waals surface area contributed by atoms with E-state index in [4.69, 9.17) is 0 Å². The van der Waals surface area contributed by atoms with Gasteiger partial charge in [-0.15, -0.1) is 5.56 Å². The van der Waals surface area contributed by atoms with Crippen molar-refractivity contribution in [3.05, 3.63) is 220 Å². The second-order valence-corrected chi connectivity index (χ2v) is 15.4. The van der Waals surface area contributed by atoms with E-state index in [1.165, 1.54) is 38.1 Å². The average Bonchev–Trinajstić information content (AvgIpc) is 3.84. The van der Waals surface area contributed by atoms with Crippen LogP contribution in [0.15, 0.2) is 146 Å². The van der Waals surface area contributed by atoms with E-state index in [0.29, 0.717) is 0 Å². The van der Waals surface area contributed by atoms with Crippen LogP contribution in [0.25, 0.3) is 0 Å². The maximum Gasteiger partial charge on any atom is 2.00 e. The van der Waals surface area contributed by atoms with Gasteiger partial charge in [0.2, 0.25) is 0 Å². The predicted octanol–water partition coefficient (Wildman–Crippen LogP) is 5.51. The van der Waals surface area contributed by atoms with Gasteiger partial charge in [-0.2, -0.15) is 30.3 Å². The molecule has 2 saturated carbocycles. The van der Waals surface area contributed by atoms with Crippen molar-refractivity contribution in [3.8, 4) is 0 Å². The minimum Gasteiger partial charge on any atom is -1.00 e. The van der Waals surface area contributed by atoms with Gasteiger partial charge in [0.1, 0.15) is 0 Å². The monoisotopic (exact) mass is 829 g/mol. The standard InChI is InChI=1S/2C17H14P.C9H12N.ClH.Fe.Pd/c2*1-3-9-15(10-4-1)18(17-13-7-8-14-17)16-11-5-2-6-12-16;1-10(2)8-9-6-4-3-5-7-9;;;/h2*1-14H;3-4,6-7H,8H2,1-2H3;1H;;/q;;-1;;2*+2/p-1. The molecule has 2 fully saturated rings. The molecule has 0 unspecified atom stereocenters. The maximum atomic E-state index is 3.04. The van der Waals surface area contributed by atoms with E-state index in [1.54, 1.807) is 0 Å². The Hall–Kier alpha value is -1.61. The van der Waals surface area contributed by atoms with Crippen molar-refractivity contribution in [1.29, 1.82) is 0 Å². The number of nitrogens with zero attached hydrogens (tertiary/aromatic N) is 1. The predicted molar refractivity (Wildman–Crippen MR) is 202 cm³/mol. The summed E-state index contributed by atoms with van der Waals surface area (Å²) in [7, 11) is 3.31. The van der Waals surface area contributed by atoms with Crippen molar-refractivity contribution < 1.29 is 49.9 Å². The molecule has 5 aromatic carbocycles. The fraction of sp³-hybridized carbons (Fsp3) is 0.0698. The first-order valence-electron chi connectivity index (χ1n) is 15.5. The van der Waals surface area contributed by atoms with Crippen LogP contribution in [0.5, 0.6) is 0 Å². The Bertz CT molecular complexity index is 1330. The van der Waals surface area contributed by atoms with Crippen LogP contribution in [0.3, 0.4) is 0 Å². The molecule has 1 nitrogen and oxygen atoms in total. The van der Waals surface area contributed by atoms with Gasteiger partial charge >= 0.3 is 37.5 Å². The fourth-order valence-corrected chi connectivity index (χ4v) is 9.73. The summed E-state index contributed by atoms with van der Waals surface area (Å²) in [6.07, 6.45) is 17.4. The Balaban J connectivity index is 0.000000258.